The van der Waals surface area contributed by atoms with Crippen LogP contribution < -0.4 is 0 Å². The van der Waals surface area contributed by atoms with Crippen LogP contribution in [-0.2, 0) is 9.59 Å². The molecule has 0 aliphatic carbocycles. The molecule has 0 spiro atoms. The second-order valence-corrected chi connectivity index (χ2v) is 2.95. The number of aliphatic carboxylic acids is 2. The minimum Gasteiger partial charge on any atom is -0.481 e. The van der Waals surface area contributed by atoms with Gasteiger partial charge in [-0.25, -0.2) is 4.79 Å². The number of hydrogen-bond acceptors (Lipinski definition) is 2. The molecular weight excluding hydrogens is 196 g/mol. The van der Waals surface area contributed by atoms with Crippen molar-refractivity contribution in [3.63, 3.8) is 0 Å². The van der Waals surface area contributed by atoms with E-state index < -0.39 is 49.5 Å². The van der Waals surface area contributed by atoms with E-state index in [0.29, 0.717) is 0 Å². The summed E-state index contributed by atoms with van der Waals surface area (Å²) in [5.41, 5.74) is -0.432. The lowest BCUT2D eigenvalue weighted by Gasteiger charge is -2.07. The molecule has 0 aliphatic heterocycles. The van der Waals surface area contributed by atoms with Crippen molar-refractivity contribution in [2.24, 2.45) is 5.92 Å². The summed E-state index contributed by atoms with van der Waals surface area (Å²) in [5, 5.41) is 17.7. The summed E-state index contributed by atoms with van der Waals surface area (Å²) in [5.74, 6) is -4.03. The van der Waals surface area contributed by atoms with Crippen LogP contribution >= 0.6 is 0 Å². The molecule has 2 N–H and O–H groups in total. The first-order valence-corrected chi connectivity index (χ1v) is 4.46. The average Bonchev–Trinajstić information content (AvgIpc) is 2.21. The zero-order valence-corrected chi connectivity index (χ0v) is 8.43. The third kappa shape index (κ3) is 5.20. The number of carboxylic acids is 2. The minimum atomic E-state index is -2.28. The largest absolute Gasteiger partial charge is 0.481 e. The third-order valence-electron chi connectivity index (χ3n) is 1.83. The van der Waals surface area contributed by atoms with Crippen LogP contribution in [0.5, 0.6) is 0 Å². The predicted octanol–water partition coefficient (Wildman–Crippen LogP) is 2.30. The molecule has 0 saturated carbocycles. The van der Waals surface area contributed by atoms with Crippen LogP contribution in [0.25, 0.3) is 0 Å². The summed E-state index contributed by atoms with van der Waals surface area (Å²) in [6.07, 6.45) is -1.76. The lowest BCUT2D eigenvalue weighted by molar-refractivity contribution is -0.143. The highest BCUT2D eigenvalue weighted by Crippen LogP contribution is 2.13. The number of hydrogen-bond donors (Lipinski definition) is 2. The van der Waals surface area contributed by atoms with Crippen LogP contribution in [0.2, 0.25) is 0 Å². The second kappa shape index (κ2) is 7.04. The fraction of sp³-hybridized carbons (Fsp3) is 0.636. The Morgan fingerprint density at radius 3 is 2.67 bits per heavy atom. The van der Waals surface area contributed by atoms with Gasteiger partial charge in [0.25, 0.3) is 0 Å². The first-order chi connectivity index (χ1) is 8.94. The first-order valence-electron chi connectivity index (χ1n) is 7.12. The van der Waals surface area contributed by atoms with Crippen LogP contribution in [0, 0.1) is 5.92 Å². The van der Waals surface area contributed by atoms with E-state index in [2.05, 4.69) is 0 Å². The van der Waals surface area contributed by atoms with E-state index in [-0.39, 0.29) is 6.42 Å². The normalized spacial score (nSPS) is 23.5. The van der Waals surface area contributed by atoms with Gasteiger partial charge in [-0.1, -0.05) is 25.7 Å². The Labute approximate surface area is 96.6 Å². The highest BCUT2D eigenvalue weighted by atomic mass is 16.4. The molecule has 0 fully saturated rings. The molecular formula is C11H18O4. The van der Waals surface area contributed by atoms with E-state index in [9.17, 15) is 9.59 Å². The van der Waals surface area contributed by atoms with E-state index >= 15 is 0 Å². The maximum Gasteiger partial charge on any atom is 0.332 e. The Balaban J connectivity index is 4.82. The van der Waals surface area contributed by atoms with Gasteiger partial charge in [-0.15, -0.1) is 0 Å². The minimum absolute atomic E-state index is 0.165. The molecule has 0 aromatic heterocycles. The summed E-state index contributed by atoms with van der Waals surface area (Å²) < 4.78 is 36.2. The SMILES string of the molecule is [2H]C(/C=C(/C(=O)O)C(C)C(=O)O)CC([2H])CC([2H])([2H])[2H]. The van der Waals surface area contributed by atoms with Crippen LogP contribution in [0.15, 0.2) is 11.6 Å². The quantitative estimate of drug-likeness (QED) is 0.644. The van der Waals surface area contributed by atoms with Gasteiger partial charge >= 0.3 is 11.9 Å². The molecule has 0 saturated heterocycles. The second-order valence-electron chi connectivity index (χ2n) is 2.95. The van der Waals surface area contributed by atoms with Crippen LogP contribution in [0.1, 0.15) is 46.3 Å². The molecule has 15 heavy (non-hydrogen) atoms. The summed E-state index contributed by atoms with van der Waals surface area (Å²) >= 11 is 0. The van der Waals surface area contributed by atoms with E-state index in [1.54, 1.807) is 0 Å². The molecule has 0 rings (SSSR count). The number of rotatable bonds is 7. The monoisotopic (exact) mass is 219 g/mol. The zero-order chi connectivity index (χ0) is 16.1. The van der Waals surface area contributed by atoms with Crippen molar-refractivity contribution in [3.8, 4) is 0 Å². The molecule has 0 heterocycles. The van der Waals surface area contributed by atoms with Crippen molar-refractivity contribution in [1.82, 2.24) is 0 Å². The molecule has 86 valence electrons. The van der Waals surface area contributed by atoms with Crippen LogP contribution in [0.4, 0.5) is 0 Å². The molecule has 0 radical (unpaired) electrons. The summed E-state index contributed by atoms with van der Waals surface area (Å²) in [4.78, 5) is 21.7. The van der Waals surface area contributed by atoms with Crippen molar-refractivity contribution >= 4 is 11.9 Å². The van der Waals surface area contributed by atoms with Crippen molar-refractivity contribution in [3.05, 3.63) is 11.6 Å². The maximum absolute atomic E-state index is 10.9. The summed E-state index contributed by atoms with van der Waals surface area (Å²) in [6.45, 7) is -1.09. The standard InChI is InChI=1S/C11H18O4/c1-3-4-5-6-7-9(11(14)15)8(2)10(12)13/h7-8H,3-6H2,1-2H3,(H,12,13)(H,14,15)/b9-7+/i1D3,4D,6D. The zero-order valence-electron chi connectivity index (χ0n) is 13.4. The number of allylic oxidation sites excluding steroid dienone is 1. The van der Waals surface area contributed by atoms with Gasteiger partial charge in [-0.3, -0.25) is 4.79 Å². The van der Waals surface area contributed by atoms with Gasteiger partial charge < -0.3 is 10.2 Å². The molecule has 0 aromatic carbocycles. The molecule has 0 aliphatic rings. The Morgan fingerprint density at radius 2 is 2.20 bits per heavy atom. The van der Waals surface area contributed by atoms with Crippen LogP contribution in [-0.4, -0.2) is 22.2 Å². The van der Waals surface area contributed by atoms with Gasteiger partial charge in [0, 0.05) is 12.4 Å². The van der Waals surface area contributed by atoms with Crippen molar-refractivity contribution < 1.29 is 26.7 Å². The lowest BCUT2D eigenvalue weighted by atomic mass is 9.99. The van der Waals surface area contributed by atoms with Gasteiger partial charge in [-0.05, 0) is 19.7 Å². The van der Waals surface area contributed by atoms with Gasteiger partial charge in [0.2, 0.25) is 0 Å². The molecule has 0 aromatic rings. The van der Waals surface area contributed by atoms with Crippen LogP contribution in [0.3, 0.4) is 0 Å². The number of carbonyl (C=O) groups is 2. The number of carboxylic acid groups (broad SMARTS) is 2. The van der Waals surface area contributed by atoms with Gasteiger partial charge in [-0.2, -0.15) is 0 Å². The Hall–Kier alpha value is -1.32. The van der Waals surface area contributed by atoms with Crippen molar-refractivity contribution in [2.75, 3.05) is 0 Å². The predicted molar refractivity (Wildman–Crippen MR) is 56.7 cm³/mol. The molecule has 4 heteroatoms. The average molecular weight is 219 g/mol. The van der Waals surface area contributed by atoms with Crippen molar-refractivity contribution in [2.45, 2.75) is 39.4 Å². The molecule has 0 bridgehead atoms. The Kier molecular flexibility index (Phi) is 3.30. The molecule has 4 nitrogen and oxygen atoms in total. The highest BCUT2D eigenvalue weighted by molar-refractivity contribution is 5.93. The molecule has 0 amide bonds. The van der Waals surface area contributed by atoms with E-state index in [1.165, 1.54) is 6.92 Å². The Bertz CT molecular complexity index is 391. The molecule has 3 atom stereocenters. The maximum atomic E-state index is 10.9. The topological polar surface area (TPSA) is 74.6 Å². The van der Waals surface area contributed by atoms with Gasteiger partial charge in [0.1, 0.15) is 0 Å². The van der Waals surface area contributed by atoms with Crippen molar-refractivity contribution in [1.29, 1.82) is 0 Å². The third-order valence-corrected chi connectivity index (χ3v) is 1.83. The van der Waals surface area contributed by atoms with E-state index in [4.69, 9.17) is 17.1 Å². The van der Waals surface area contributed by atoms with E-state index in [0.717, 1.165) is 6.08 Å². The summed E-state index contributed by atoms with van der Waals surface area (Å²) in [6, 6.07) is 0. The van der Waals surface area contributed by atoms with E-state index in [1.807, 2.05) is 0 Å². The Morgan fingerprint density at radius 1 is 1.53 bits per heavy atom. The van der Waals surface area contributed by atoms with Gasteiger partial charge in [0.15, 0.2) is 0 Å². The fourth-order valence-corrected chi connectivity index (χ4v) is 0.908. The summed E-state index contributed by atoms with van der Waals surface area (Å²) in [7, 11) is 0. The molecule has 3 unspecified atom stereocenters. The fourth-order valence-electron chi connectivity index (χ4n) is 0.908. The highest BCUT2D eigenvalue weighted by Gasteiger charge is 2.21. The smallest absolute Gasteiger partial charge is 0.332 e. The lowest BCUT2D eigenvalue weighted by Crippen LogP contribution is -2.18. The van der Waals surface area contributed by atoms with Gasteiger partial charge in [0.05, 0.1) is 5.92 Å². The first kappa shape index (κ1) is 7.04.